The number of carbonyl (C=O) groups is 1. The van der Waals surface area contributed by atoms with Gasteiger partial charge in [-0.05, 0) is 32.9 Å². The van der Waals surface area contributed by atoms with Crippen molar-refractivity contribution in [1.29, 1.82) is 0 Å². The highest BCUT2D eigenvalue weighted by atomic mass is 19.4. The highest BCUT2D eigenvalue weighted by Crippen LogP contribution is 2.26. The van der Waals surface area contributed by atoms with Crippen molar-refractivity contribution in [3.8, 4) is 0 Å². The number of carbonyl (C=O) groups excluding carboxylic acids is 1. The average molecular weight is 267 g/mol. The van der Waals surface area contributed by atoms with Crippen molar-refractivity contribution in [2.75, 3.05) is 13.1 Å². The summed E-state index contributed by atoms with van der Waals surface area (Å²) in [7, 11) is 0. The maximum absolute atomic E-state index is 12.1. The van der Waals surface area contributed by atoms with Crippen molar-refractivity contribution in [3.63, 3.8) is 0 Å². The summed E-state index contributed by atoms with van der Waals surface area (Å²) in [6.07, 6.45) is -4.53. The van der Waals surface area contributed by atoms with E-state index >= 15 is 0 Å². The zero-order valence-electron chi connectivity index (χ0n) is 11.7. The number of halogens is 3. The van der Waals surface area contributed by atoms with E-state index < -0.39 is 18.1 Å². The average Bonchev–Trinajstić information content (AvgIpc) is 2.28. The lowest BCUT2D eigenvalue weighted by Gasteiger charge is -2.38. The largest absolute Gasteiger partial charge is 0.389 e. The van der Waals surface area contributed by atoms with Crippen LogP contribution >= 0.6 is 0 Å². The molecule has 0 aliphatic rings. The standard InChI is InChI=1S/C13H24F3NO/c1-5-12(4,17(6-2)7-3)11(18)9-8-10-13(14,15)16/h5-10H2,1-4H3. The molecule has 0 aromatic carbocycles. The minimum Gasteiger partial charge on any atom is -0.298 e. The molecule has 1 unspecified atom stereocenters. The number of nitrogens with zero attached hydrogens (tertiary/aromatic N) is 1. The summed E-state index contributed by atoms with van der Waals surface area (Å²) in [5.74, 6) is -0.0852. The normalized spacial score (nSPS) is 15.8. The Morgan fingerprint density at radius 3 is 1.94 bits per heavy atom. The van der Waals surface area contributed by atoms with Crippen LogP contribution in [0.5, 0.6) is 0 Å². The van der Waals surface area contributed by atoms with Crippen molar-refractivity contribution >= 4 is 5.78 Å². The summed E-state index contributed by atoms with van der Waals surface area (Å²) < 4.78 is 36.2. The predicted molar refractivity (Wildman–Crippen MR) is 66.5 cm³/mol. The maximum atomic E-state index is 12.1. The van der Waals surface area contributed by atoms with Crippen LogP contribution in [0.3, 0.4) is 0 Å². The number of alkyl halides is 3. The predicted octanol–water partition coefficient (Wildman–Crippen LogP) is 3.80. The second-order valence-corrected chi connectivity index (χ2v) is 4.69. The molecule has 1 atom stereocenters. The van der Waals surface area contributed by atoms with Crippen molar-refractivity contribution in [2.24, 2.45) is 0 Å². The molecule has 108 valence electrons. The van der Waals surface area contributed by atoms with Gasteiger partial charge in [0, 0.05) is 12.8 Å². The lowest BCUT2D eigenvalue weighted by atomic mass is 9.88. The molecule has 0 aliphatic heterocycles. The van der Waals surface area contributed by atoms with Gasteiger partial charge in [0.05, 0.1) is 5.54 Å². The summed E-state index contributed by atoms with van der Waals surface area (Å²) >= 11 is 0. The molecule has 18 heavy (non-hydrogen) atoms. The first-order valence-corrected chi connectivity index (χ1v) is 6.56. The first-order valence-electron chi connectivity index (χ1n) is 6.56. The van der Waals surface area contributed by atoms with E-state index in [0.717, 1.165) is 13.1 Å². The second-order valence-electron chi connectivity index (χ2n) is 4.69. The van der Waals surface area contributed by atoms with E-state index in [1.54, 1.807) is 0 Å². The van der Waals surface area contributed by atoms with Gasteiger partial charge < -0.3 is 0 Å². The fraction of sp³-hybridized carbons (Fsp3) is 0.923. The van der Waals surface area contributed by atoms with Gasteiger partial charge in [-0.2, -0.15) is 13.2 Å². The van der Waals surface area contributed by atoms with Gasteiger partial charge in [0.2, 0.25) is 0 Å². The van der Waals surface area contributed by atoms with Crippen LogP contribution in [0.25, 0.3) is 0 Å². The Morgan fingerprint density at radius 1 is 1.11 bits per heavy atom. The van der Waals surface area contributed by atoms with Gasteiger partial charge in [0.15, 0.2) is 5.78 Å². The Morgan fingerprint density at radius 2 is 1.61 bits per heavy atom. The van der Waals surface area contributed by atoms with Crippen LogP contribution in [0.15, 0.2) is 0 Å². The Hall–Kier alpha value is -0.580. The van der Waals surface area contributed by atoms with Crippen molar-refractivity contribution in [3.05, 3.63) is 0 Å². The highest BCUT2D eigenvalue weighted by Gasteiger charge is 2.36. The van der Waals surface area contributed by atoms with Gasteiger partial charge in [-0.3, -0.25) is 9.69 Å². The molecule has 5 heteroatoms. The van der Waals surface area contributed by atoms with E-state index in [9.17, 15) is 18.0 Å². The van der Waals surface area contributed by atoms with Gasteiger partial charge in [0.25, 0.3) is 0 Å². The summed E-state index contributed by atoms with van der Waals surface area (Å²) in [6.45, 7) is 9.11. The van der Waals surface area contributed by atoms with Crippen LogP contribution in [-0.4, -0.2) is 35.5 Å². The van der Waals surface area contributed by atoms with Gasteiger partial charge >= 0.3 is 6.18 Å². The van der Waals surface area contributed by atoms with E-state index in [0.29, 0.717) is 6.42 Å². The summed E-state index contributed by atoms with van der Waals surface area (Å²) in [6, 6.07) is 0. The zero-order chi connectivity index (χ0) is 14.4. The van der Waals surface area contributed by atoms with E-state index in [2.05, 4.69) is 0 Å². The molecule has 0 saturated carbocycles. The van der Waals surface area contributed by atoms with E-state index in [1.165, 1.54) is 0 Å². The topological polar surface area (TPSA) is 20.3 Å². The van der Waals surface area contributed by atoms with Crippen LogP contribution in [0, 0.1) is 0 Å². The highest BCUT2D eigenvalue weighted by molar-refractivity contribution is 5.87. The van der Waals surface area contributed by atoms with Crippen molar-refractivity contribution in [1.82, 2.24) is 4.90 Å². The van der Waals surface area contributed by atoms with Gasteiger partial charge in [-0.15, -0.1) is 0 Å². The molecule has 0 amide bonds. The first-order chi connectivity index (χ1) is 8.21. The summed E-state index contributed by atoms with van der Waals surface area (Å²) in [4.78, 5) is 14.1. The molecular weight excluding hydrogens is 243 g/mol. The minimum absolute atomic E-state index is 0.000347. The minimum atomic E-state index is -4.17. The molecule has 0 rings (SSSR count). The molecule has 2 nitrogen and oxygen atoms in total. The number of hydrogen-bond acceptors (Lipinski definition) is 2. The van der Waals surface area contributed by atoms with Gasteiger partial charge in [-0.1, -0.05) is 20.8 Å². The third-order valence-electron chi connectivity index (χ3n) is 3.61. The number of ketones is 1. The molecule has 0 bridgehead atoms. The van der Waals surface area contributed by atoms with Gasteiger partial charge in [0.1, 0.15) is 0 Å². The first kappa shape index (κ1) is 17.4. The number of Topliss-reactive ketones (excluding diaryl/α,β-unsaturated/α-hetero) is 1. The van der Waals surface area contributed by atoms with Crippen molar-refractivity contribution in [2.45, 2.75) is 65.1 Å². The lowest BCUT2D eigenvalue weighted by molar-refractivity contribution is -0.139. The second kappa shape index (κ2) is 7.12. The summed E-state index contributed by atoms with van der Waals surface area (Å²) in [5, 5.41) is 0. The van der Waals surface area contributed by atoms with Crippen LogP contribution < -0.4 is 0 Å². The molecule has 0 fully saturated rings. The van der Waals surface area contributed by atoms with Crippen LogP contribution in [0.4, 0.5) is 13.2 Å². The Labute approximate surface area is 108 Å². The molecule has 0 spiro atoms. The number of rotatable bonds is 8. The smallest absolute Gasteiger partial charge is 0.298 e. The lowest BCUT2D eigenvalue weighted by Crippen LogP contribution is -2.51. The molecule has 0 radical (unpaired) electrons. The Bertz CT molecular complexity index is 261. The maximum Gasteiger partial charge on any atom is 0.389 e. The fourth-order valence-corrected chi connectivity index (χ4v) is 2.24. The SMILES string of the molecule is CCN(CC)C(C)(CC)C(=O)CCCC(F)(F)F. The zero-order valence-corrected chi connectivity index (χ0v) is 11.7. The van der Waals surface area contributed by atoms with Crippen LogP contribution in [-0.2, 0) is 4.79 Å². The monoisotopic (exact) mass is 267 g/mol. The van der Waals surface area contributed by atoms with E-state index in [-0.39, 0.29) is 18.6 Å². The van der Waals surface area contributed by atoms with E-state index in [1.807, 2.05) is 32.6 Å². The quantitative estimate of drug-likeness (QED) is 0.666. The Balaban J connectivity index is 4.52. The molecule has 0 aromatic heterocycles. The third-order valence-corrected chi connectivity index (χ3v) is 3.61. The molecule has 0 saturated heterocycles. The summed E-state index contributed by atoms with van der Waals surface area (Å²) in [5.41, 5.74) is -0.630. The molecule has 0 aromatic rings. The Kier molecular flexibility index (Phi) is 6.89. The van der Waals surface area contributed by atoms with Gasteiger partial charge in [-0.25, -0.2) is 0 Å². The molecule has 0 aliphatic carbocycles. The molecule has 0 heterocycles. The fourth-order valence-electron chi connectivity index (χ4n) is 2.24. The van der Waals surface area contributed by atoms with Crippen LogP contribution in [0.2, 0.25) is 0 Å². The molecular formula is C13H24F3NO. The van der Waals surface area contributed by atoms with E-state index in [4.69, 9.17) is 0 Å². The van der Waals surface area contributed by atoms with Crippen LogP contribution in [0.1, 0.15) is 53.4 Å². The number of hydrogen-bond donors (Lipinski definition) is 0. The third kappa shape index (κ3) is 4.96. The number of likely N-dealkylation sites (N-methyl/N-ethyl adjacent to an activating group) is 1. The molecule has 0 N–H and O–H groups in total. The van der Waals surface area contributed by atoms with Crippen molar-refractivity contribution < 1.29 is 18.0 Å².